The minimum absolute atomic E-state index is 0.0496. The quantitative estimate of drug-likeness (QED) is 0.634. The molecule has 0 heterocycles. The van der Waals surface area contributed by atoms with Crippen molar-refractivity contribution in [1.82, 2.24) is 0 Å². The van der Waals surface area contributed by atoms with Crippen LogP contribution in [0.1, 0.15) is 41.8 Å². The lowest BCUT2D eigenvalue weighted by atomic mass is 10.0. The summed E-state index contributed by atoms with van der Waals surface area (Å²) in [4.78, 5) is 0. The first kappa shape index (κ1) is 13.2. The number of rotatable bonds is 5. The maximum Gasteiger partial charge on any atom is 0.0835 e. The summed E-state index contributed by atoms with van der Waals surface area (Å²) < 4.78 is 0. The van der Waals surface area contributed by atoms with E-state index in [-0.39, 0.29) is 5.38 Å². The van der Waals surface area contributed by atoms with Crippen LogP contribution in [-0.2, 0) is 6.42 Å². The van der Waals surface area contributed by atoms with Crippen LogP contribution < -0.4 is 0 Å². The lowest BCUT2D eigenvalue weighted by Gasteiger charge is -2.11. The van der Waals surface area contributed by atoms with Crippen molar-refractivity contribution in [1.29, 1.82) is 0 Å². The van der Waals surface area contributed by atoms with Gasteiger partial charge in [-0.1, -0.05) is 67.9 Å². The number of hydrogen-bond donors (Lipinski definition) is 0. The highest BCUT2D eigenvalue weighted by atomic mass is 35.5. The van der Waals surface area contributed by atoms with E-state index in [1.807, 2.05) is 18.2 Å². The Bertz CT molecular complexity index is 459. The summed E-state index contributed by atoms with van der Waals surface area (Å²) in [5.74, 6) is 0. The summed E-state index contributed by atoms with van der Waals surface area (Å²) >= 11 is 6.49. The predicted molar refractivity (Wildman–Crippen MR) is 79.2 cm³/mol. The highest BCUT2D eigenvalue weighted by Gasteiger charge is 2.09. The Morgan fingerprint density at radius 3 is 2.11 bits per heavy atom. The molecule has 1 atom stereocenters. The molecule has 18 heavy (non-hydrogen) atoms. The fourth-order valence-corrected chi connectivity index (χ4v) is 2.34. The first-order valence-corrected chi connectivity index (χ1v) is 7.02. The topological polar surface area (TPSA) is 0 Å². The van der Waals surface area contributed by atoms with Gasteiger partial charge in [0.1, 0.15) is 0 Å². The smallest absolute Gasteiger partial charge is 0.0835 e. The number of aryl methyl sites for hydroxylation is 1. The van der Waals surface area contributed by atoms with E-state index >= 15 is 0 Å². The third kappa shape index (κ3) is 3.36. The van der Waals surface area contributed by atoms with Gasteiger partial charge in [0.05, 0.1) is 5.38 Å². The molecule has 2 aromatic rings. The molecule has 0 radical (unpaired) electrons. The summed E-state index contributed by atoms with van der Waals surface area (Å²) in [6.07, 6.45) is 3.65. The minimum Gasteiger partial charge on any atom is -0.113 e. The van der Waals surface area contributed by atoms with Crippen LogP contribution in [0.2, 0.25) is 0 Å². The normalized spacial score (nSPS) is 12.3. The fourth-order valence-electron chi connectivity index (χ4n) is 2.05. The van der Waals surface area contributed by atoms with Crippen LogP contribution in [-0.4, -0.2) is 0 Å². The molecular weight excluding hydrogens is 240 g/mol. The van der Waals surface area contributed by atoms with Crippen molar-refractivity contribution >= 4 is 11.6 Å². The zero-order valence-electron chi connectivity index (χ0n) is 10.8. The van der Waals surface area contributed by atoms with Gasteiger partial charge in [-0.05, 0) is 29.5 Å². The van der Waals surface area contributed by atoms with Crippen molar-refractivity contribution in [3.8, 4) is 0 Å². The first-order chi connectivity index (χ1) is 8.81. The Kier molecular flexibility index (Phi) is 4.83. The van der Waals surface area contributed by atoms with Crippen molar-refractivity contribution < 1.29 is 0 Å². The van der Waals surface area contributed by atoms with E-state index < -0.39 is 0 Å². The number of halogens is 1. The van der Waals surface area contributed by atoms with Crippen molar-refractivity contribution in [3.63, 3.8) is 0 Å². The Morgan fingerprint density at radius 1 is 0.889 bits per heavy atom. The van der Waals surface area contributed by atoms with Gasteiger partial charge < -0.3 is 0 Å². The molecule has 1 heteroatoms. The zero-order chi connectivity index (χ0) is 12.8. The molecule has 0 bridgehead atoms. The van der Waals surface area contributed by atoms with Crippen LogP contribution in [0.3, 0.4) is 0 Å². The van der Waals surface area contributed by atoms with Gasteiger partial charge in [-0.3, -0.25) is 0 Å². The summed E-state index contributed by atoms with van der Waals surface area (Å²) in [5, 5.41) is -0.0496. The molecule has 0 aliphatic rings. The number of alkyl halides is 1. The van der Waals surface area contributed by atoms with Crippen molar-refractivity contribution in [2.75, 3.05) is 0 Å². The molecule has 0 saturated heterocycles. The van der Waals surface area contributed by atoms with Crippen molar-refractivity contribution in [2.45, 2.75) is 31.6 Å². The predicted octanol–water partition coefficient (Wildman–Crippen LogP) is 5.36. The van der Waals surface area contributed by atoms with Gasteiger partial charge in [0.15, 0.2) is 0 Å². The molecule has 1 unspecified atom stereocenters. The Hall–Kier alpha value is -1.27. The van der Waals surface area contributed by atoms with Gasteiger partial charge in [0.2, 0.25) is 0 Å². The van der Waals surface area contributed by atoms with Crippen LogP contribution in [0.15, 0.2) is 54.6 Å². The molecular formula is C17H19Cl. The molecule has 0 aliphatic carbocycles. The SMILES string of the molecule is CCCCc1ccc(C(Cl)c2ccccc2)cc1. The molecule has 0 N–H and O–H groups in total. The lowest BCUT2D eigenvalue weighted by Crippen LogP contribution is -1.93. The maximum absolute atomic E-state index is 6.49. The highest BCUT2D eigenvalue weighted by molar-refractivity contribution is 6.22. The highest BCUT2D eigenvalue weighted by Crippen LogP contribution is 2.28. The molecule has 0 amide bonds. The largest absolute Gasteiger partial charge is 0.113 e. The zero-order valence-corrected chi connectivity index (χ0v) is 11.5. The van der Waals surface area contributed by atoms with Crippen LogP contribution in [0.25, 0.3) is 0 Å². The molecule has 0 saturated carbocycles. The second kappa shape index (κ2) is 6.61. The van der Waals surface area contributed by atoms with Gasteiger partial charge in [0, 0.05) is 0 Å². The standard InChI is InChI=1S/C17H19Cl/c1-2-3-7-14-10-12-16(13-11-14)17(18)15-8-5-4-6-9-15/h4-6,8-13,17H,2-3,7H2,1H3. The van der Waals surface area contributed by atoms with E-state index in [0.29, 0.717) is 0 Å². The van der Waals surface area contributed by atoms with Crippen LogP contribution >= 0.6 is 11.6 Å². The van der Waals surface area contributed by atoms with Gasteiger partial charge >= 0.3 is 0 Å². The fraction of sp³-hybridized carbons (Fsp3) is 0.294. The van der Waals surface area contributed by atoms with Gasteiger partial charge in [-0.15, -0.1) is 11.6 Å². The Labute approximate surface area is 115 Å². The summed E-state index contributed by atoms with van der Waals surface area (Å²) in [7, 11) is 0. The molecule has 0 aromatic heterocycles. The lowest BCUT2D eigenvalue weighted by molar-refractivity contribution is 0.794. The third-order valence-electron chi connectivity index (χ3n) is 3.18. The molecule has 2 aromatic carbocycles. The number of benzene rings is 2. The van der Waals surface area contributed by atoms with Crippen LogP contribution in [0.4, 0.5) is 0 Å². The number of hydrogen-bond acceptors (Lipinski definition) is 0. The van der Waals surface area contributed by atoms with Crippen molar-refractivity contribution in [2.24, 2.45) is 0 Å². The Morgan fingerprint density at radius 2 is 1.50 bits per heavy atom. The minimum atomic E-state index is -0.0496. The van der Waals surface area contributed by atoms with Gasteiger partial charge in [-0.25, -0.2) is 0 Å². The second-order valence-electron chi connectivity index (χ2n) is 4.62. The van der Waals surface area contributed by atoms with E-state index in [4.69, 9.17) is 11.6 Å². The molecule has 0 aliphatic heterocycles. The van der Waals surface area contributed by atoms with Crippen LogP contribution in [0, 0.1) is 0 Å². The van der Waals surface area contributed by atoms with Crippen LogP contribution in [0.5, 0.6) is 0 Å². The molecule has 2 rings (SSSR count). The van der Waals surface area contributed by atoms with E-state index in [2.05, 4.69) is 43.3 Å². The van der Waals surface area contributed by atoms with E-state index in [9.17, 15) is 0 Å². The monoisotopic (exact) mass is 258 g/mol. The maximum atomic E-state index is 6.49. The molecule has 0 spiro atoms. The molecule has 0 nitrogen and oxygen atoms in total. The van der Waals surface area contributed by atoms with Gasteiger partial charge in [-0.2, -0.15) is 0 Å². The van der Waals surface area contributed by atoms with E-state index in [0.717, 1.165) is 12.0 Å². The second-order valence-corrected chi connectivity index (χ2v) is 5.05. The molecule has 94 valence electrons. The average Bonchev–Trinajstić information content (AvgIpc) is 2.46. The first-order valence-electron chi connectivity index (χ1n) is 6.59. The third-order valence-corrected chi connectivity index (χ3v) is 3.69. The summed E-state index contributed by atoms with van der Waals surface area (Å²) in [6, 6.07) is 18.9. The summed E-state index contributed by atoms with van der Waals surface area (Å²) in [6.45, 7) is 2.22. The molecule has 0 fully saturated rings. The number of unbranched alkanes of at least 4 members (excludes halogenated alkanes) is 1. The van der Waals surface area contributed by atoms with Gasteiger partial charge in [0.25, 0.3) is 0 Å². The van der Waals surface area contributed by atoms with E-state index in [1.165, 1.54) is 24.0 Å². The van der Waals surface area contributed by atoms with E-state index in [1.54, 1.807) is 0 Å². The summed E-state index contributed by atoms with van der Waals surface area (Å²) in [5.41, 5.74) is 3.72. The van der Waals surface area contributed by atoms with Crippen molar-refractivity contribution in [3.05, 3.63) is 71.3 Å². The average molecular weight is 259 g/mol. The Balaban J connectivity index is 2.09.